The van der Waals surface area contributed by atoms with Gasteiger partial charge in [-0.3, -0.25) is 4.79 Å². The number of carbonyl (C=O) groups is 1. The lowest BCUT2D eigenvalue weighted by molar-refractivity contribution is 0.0356. The Labute approximate surface area is 172 Å². The fourth-order valence-electron chi connectivity index (χ4n) is 4.04. The van der Waals surface area contributed by atoms with E-state index in [9.17, 15) is 9.90 Å². The van der Waals surface area contributed by atoms with Crippen LogP contribution in [0.2, 0.25) is 0 Å². The minimum absolute atomic E-state index is 0.103. The molecule has 0 unspecified atom stereocenters. The first-order valence-corrected chi connectivity index (χ1v) is 9.80. The summed E-state index contributed by atoms with van der Waals surface area (Å²) in [7, 11) is 4.58. The van der Waals surface area contributed by atoms with Crippen LogP contribution in [0, 0.1) is 5.41 Å². The van der Waals surface area contributed by atoms with Gasteiger partial charge in [-0.15, -0.1) is 0 Å². The van der Waals surface area contributed by atoms with Gasteiger partial charge in [-0.2, -0.15) is 0 Å². The average molecular weight is 399 g/mol. The van der Waals surface area contributed by atoms with E-state index in [2.05, 4.69) is 12.1 Å². The lowest BCUT2D eigenvalue weighted by atomic mass is 9.74. The van der Waals surface area contributed by atoms with E-state index in [-0.39, 0.29) is 17.9 Å². The Bertz CT molecular complexity index is 829. The Morgan fingerprint density at radius 1 is 0.966 bits per heavy atom. The minimum Gasteiger partial charge on any atom is -0.493 e. The molecule has 1 N–H and O–H groups in total. The first kappa shape index (κ1) is 21.0. The highest BCUT2D eigenvalue weighted by atomic mass is 16.5. The second-order valence-corrected chi connectivity index (χ2v) is 7.49. The third kappa shape index (κ3) is 4.32. The number of carbonyl (C=O) groups excluding carboxylic acids is 1. The Kier molecular flexibility index (Phi) is 6.64. The molecule has 1 amide bonds. The fraction of sp³-hybridized carbons (Fsp3) is 0.435. The summed E-state index contributed by atoms with van der Waals surface area (Å²) in [6.07, 6.45) is 2.31. The van der Waals surface area contributed by atoms with Gasteiger partial charge < -0.3 is 24.2 Å². The molecule has 3 rings (SSSR count). The first-order valence-electron chi connectivity index (χ1n) is 9.80. The van der Waals surface area contributed by atoms with Crippen molar-refractivity contribution < 1.29 is 24.1 Å². The molecule has 2 aromatic rings. The highest BCUT2D eigenvalue weighted by Gasteiger charge is 2.36. The van der Waals surface area contributed by atoms with Gasteiger partial charge in [0.2, 0.25) is 5.75 Å². The summed E-state index contributed by atoms with van der Waals surface area (Å²) < 4.78 is 16.2. The van der Waals surface area contributed by atoms with Crippen molar-refractivity contribution in [3.05, 3.63) is 53.6 Å². The summed E-state index contributed by atoms with van der Waals surface area (Å²) in [6.45, 7) is 1.29. The van der Waals surface area contributed by atoms with Crippen LogP contribution in [0.3, 0.4) is 0 Å². The van der Waals surface area contributed by atoms with Crippen LogP contribution in [0.15, 0.2) is 42.5 Å². The Morgan fingerprint density at radius 2 is 1.62 bits per heavy atom. The number of hydrogen-bond acceptors (Lipinski definition) is 5. The zero-order valence-electron chi connectivity index (χ0n) is 17.3. The van der Waals surface area contributed by atoms with Crippen molar-refractivity contribution >= 4 is 5.91 Å². The largest absolute Gasteiger partial charge is 0.493 e. The Morgan fingerprint density at radius 3 is 2.17 bits per heavy atom. The van der Waals surface area contributed by atoms with E-state index in [1.165, 1.54) is 19.8 Å². The van der Waals surface area contributed by atoms with Crippen LogP contribution in [0.1, 0.15) is 28.8 Å². The van der Waals surface area contributed by atoms with Gasteiger partial charge in [-0.1, -0.05) is 30.3 Å². The highest BCUT2D eigenvalue weighted by Crippen LogP contribution is 2.41. The molecule has 1 heterocycles. The van der Waals surface area contributed by atoms with Crippen molar-refractivity contribution in [1.82, 2.24) is 4.90 Å². The molecule has 0 radical (unpaired) electrons. The van der Waals surface area contributed by atoms with Crippen molar-refractivity contribution in [2.24, 2.45) is 5.41 Å². The van der Waals surface area contributed by atoms with Crippen LogP contribution in [0.4, 0.5) is 0 Å². The zero-order chi connectivity index (χ0) is 20.9. The third-order valence-corrected chi connectivity index (χ3v) is 5.80. The van der Waals surface area contributed by atoms with Gasteiger partial charge >= 0.3 is 0 Å². The standard InChI is InChI=1S/C23H29NO5/c1-27-19-10-9-18(20(28-2)21(19)29-3)22(26)24-13-11-23(16-25,12-14-24)15-17-7-5-4-6-8-17/h4-10,25H,11-16H2,1-3H3. The predicted octanol–water partition coefficient (Wildman–Crippen LogP) is 3.17. The van der Waals surface area contributed by atoms with Gasteiger partial charge in [0.05, 0.1) is 26.9 Å². The molecular formula is C23H29NO5. The maximum absolute atomic E-state index is 13.2. The van der Waals surface area contributed by atoms with Crippen molar-refractivity contribution in [2.75, 3.05) is 41.0 Å². The van der Waals surface area contributed by atoms with Crippen molar-refractivity contribution in [3.63, 3.8) is 0 Å². The quantitative estimate of drug-likeness (QED) is 0.775. The lowest BCUT2D eigenvalue weighted by Crippen LogP contribution is -2.45. The Balaban J connectivity index is 1.76. The van der Waals surface area contributed by atoms with E-state index in [4.69, 9.17) is 14.2 Å². The van der Waals surface area contributed by atoms with Crippen LogP contribution in [0.25, 0.3) is 0 Å². The second kappa shape index (κ2) is 9.18. The SMILES string of the molecule is COc1ccc(C(=O)N2CCC(CO)(Cc3ccccc3)CC2)c(OC)c1OC. The molecule has 0 aromatic heterocycles. The minimum atomic E-state index is -0.195. The number of ether oxygens (including phenoxy) is 3. The number of methoxy groups -OCH3 is 3. The molecule has 1 saturated heterocycles. The molecule has 0 atom stereocenters. The first-order chi connectivity index (χ1) is 14.1. The molecule has 2 aromatic carbocycles. The van der Waals surface area contributed by atoms with Crippen molar-refractivity contribution in [1.29, 1.82) is 0 Å². The van der Waals surface area contributed by atoms with E-state index < -0.39 is 0 Å². The van der Waals surface area contributed by atoms with Crippen molar-refractivity contribution in [2.45, 2.75) is 19.3 Å². The summed E-state index contributed by atoms with van der Waals surface area (Å²) in [5, 5.41) is 10.1. The van der Waals surface area contributed by atoms with Crippen LogP contribution in [0.5, 0.6) is 17.2 Å². The molecule has 6 heteroatoms. The van der Waals surface area contributed by atoms with Crippen molar-refractivity contribution in [3.8, 4) is 17.2 Å². The number of hydrogen-bond donors (Lipinski definition) is 1. The molecule has 0 aliphatic carbocycles. The zero-order valence-corrected chi connectivity index (χ0v) is 17.3. The molecule has 0 saturated carbocycles. The number of nitrogens with zero attached hydrogens (tertiary/aromatic N) is 1. The molecule has 1 aliphatic rings. The monoisotopic (exact) mass is 399 g/mol. The number of aliphatic hydroxyl groups is 1. The van der Waals surface area contributed by atoms with E-state index in [1.807, 2.05) is 23.1 Å². The van der Waals surface area contributed by atoms with E-state index in [0.29, 0.717) is 35.9 Å². The van der Waals surface area contributed by atoms with Gasteiger partial charge in [0, 0.05) is 25.1 Å². The number of amides is 1. The van der Waals surface area contributed by atoms with Gasteiger partial charge in [0.15, 0.2) is 11.5 Å². The fourth-order valence-corrected chi connectivity index (χ4v) is 4.04. The van der Waals surface area contributed by atoms with Crippen LogP contribution < -0.4 is 14.2 Å². The molecule has 1 fully saturated rings. The molecular weight excluding hydrogens is 370 g/mol. The van der Waals surface area contributed by atoms with E-state index >= 15 is 0 Å². The number of rotatable bonds is 7. The Hall–Kier alpha value is -2.73. The van der Waals surface area contributed by atoms with Gasteiger partial charge in [0.1, 0.15) is 0 Å². The van der Waals surface area contributed by atoms with E-state index in [1.54, 1.807) is 19.2 Å². The number of aliphatic hydroxyl groups excluding tert-OH is 1. The lowest BCUT2D eigenvalue weighted by Gasteiger charge is -2.41. The van der Waals surface area contributed by atoms with E-state index in [0.717, 1.165) is 19.3 Å². The summed E-state index contributed by atoms with van der Waals surface area (Å²) in [6, 6.07) is 13.6. The van der Waals surface area contributed by atoms with Crippen LogP contribution in [-0.4, -0.2) is 56.9 Å². The van der Waals surface area contributed by atoms with Gasteiger partial charge in [0.25, 0.3) is 5.91 Å². The third-order valence-electron chi connectivity index (χ3n) is 5.80. The average Bonchev–Trinajstić information content (AvgIpc) is 2.78. The topological polar surface area (TPSA) is 68.2 Å². The normalized spacial score (nSPS) is 15.7. The second-order valence-electron chi connectivity index (χ2n) is 7.49. The highest BCUT2D eigenvalue weighted by molar-refractivity contribution is 5.98. The van der Waals surface area contributed by atoms with Gasteiger partial charge in [-0.05, 0) is 37.0 Å². The molecule has 6 nitrogen and oxygen atoms in total. The number of benzene rings is 2. The summed E-state index contributed by atoms with van der Waals surface area (Å²) in [4.78, 5) is 15.0. The summed E-state index contributed by atoms with van der Waals surface area (Å²) in [5.74, 6) is 1.20. The predicted molar refractivity (Wildman–Crippen MR) is 111 cm³/mol. The number of piperidine rings is 1. The summed E-state index contributed by atoms with van der Waals surface area (Å²) in [5.41, 5.74) is 1.47. The maximum atomic E-state index is 13.2. The molecule has 29 heavy (non-hydrogen) atoms. The smallest absolute Gasteiger partial charge is 0.257 e. The maximum Gasteiger partial charge on any atom is 0.257 e. The van der Waals surface area contributed by atoms with Crippen LogP contribution >= 0.6 is 0 Å². The van der Waals surface area contributed by atoms with Gasteiger partial charge in [-0.25, -0.2) is 0 Å². The molecule has 156 valence electrons. The molecule has 1 aliphatic heterocycles. The van der Waals surface area contributed by atoms with Crippen LogP contribution in [-0.2, 0) is 6.42 Å². The molecule has 0 bridgehead atoms. The summed E-state index contributed by atoms with van der Waals surface area (Å²) >= 11 is 0. The molecule has 0 spiro atoms. The number of likely N-dealkylation sites (tertiary alicyclic amines) is 1.